The Balaban J connectivity index is 1.68. The molecule has 1 saturated carbocycles. The van der Waals surface area contributed by atoms with Crippen LogP contribution >= 0.6 is 0 Å². The van der Waals surface area contributed by atoms with Crippen LogP contribution in [0.4, 0.5) is 5.82 Å². The largest absolute Gasteiger partial charge is 0.365 e. The van der Waals surface area contributed by atoms with E-state index in [4.69, 9.17) is 0 Å². The van der Waals surface area contributed by atoms with Crippen LogP contribution < -0.4 is 10.9 Å². The van der Waals surface area contributed by atoms with E-state index in [0.29, 0.717) is 5.82 Å². The lowest BCUT2D eigenvalue weighted by atomic mass is 10.0. The molecule has 0 aromatic carbocycles. The lowest BCUT2D eigenvalue weighted by Gasteiger charge is -2.08. The average Bonchev–Trinajstić information content (AvgIpc) is 2.79. The van der Waals surface area contributed by atoms with Gasteiger partial charge in [0.2, 0.25) is 0 Å². The molecule has 2 N–H and O–H groups in total. The van der Waals surface area contributed by atoms with E-state index in [9.17, 15) is 4.79 Å². The molecule has 0 amide bonds. The predicted molar refractivity (Wildman–Crippen MR) is 64.5 cm³/mol. The molecule has 0 atom stereocenters. The fraction of sp³-hybridized carbons (Fsp3) is 0.667. The van der Waals surface area contributed by atoms with Gasteiger partial charge in [-0.2, -0.15) is 0 Å². The molecular weight excluding hydrogens is 202 g/mol. The molecule has 88 valence electrons. The van der Waals surface area contributed by atoms with E-state index in [1.54, 1.807) is 12.4 Å². The smallest absolute Gasteiger partial charge is 0.290 e. The molecule has 4 heteroatoms. The number of rotatable bonds is 5. The van der Waals surface area contributed by atoms with Crippen molar-refractivity contribution in [1.29, 1.82) is 0 Å². The first kappa shape index (κ1) is 11.2. The summed E-state index contributed by atoms with van der Waals surface area (Å²) in [5.41, 5.74) is -0.136. The average molecular weight is 221 g/mol. The molecule has 16 heavy (non-hydrogen) atoms. The number of H-pyrrole nitrogens is 1. The van der Waals surface area contributed by atoms with E-state index < -0.39 is 0 Å². The summed E-state index contributed by atoms with van der Waals surface area (Å²) in [6.07, 6.45) is 11.1. The van der Waals surface area contributed by atoms with Gasteiger partial charge in [-0.3, -0.25) is 4.79 Å². The van der Waals surface area contributed by atoms with Gasteiger partial charge in [-0.15, -0.1) is 0 Å². The van der Waals surface area contributed by atoms with Crippen molar-refractivity contribution in [2.75, 3.05) is 11.9 Å². The first-order valence-electron chi connectivity index (χ1n) is 6.14. The van der Waals surface area contributed by atoms with Crippen LogP contribution in [0.15, 0.2) is 17.2 Å². The topological polar surface area (TPSA) is 57.8 Å². The van der Waals surface area contributed by atoms with E-state index in [1.165, 1.54) is 32.1 Å². The monoisotopic (exact) mass is 221 g/mol. The molecular formula is C12H19N3O. The van der Waals surface area contributed by atoms with Gasteiger partial charge in [-0.25, -0.2) is 4.98 Å². The van der Waals surface area contributed by atoms with E-state index >= 15 is 0 Å². The Labute approximate surface area is 95.5 Å². The summed E-state index contributed by atoms with van der Waals surface area (Å²) in [6.45, 7) is 0.844. The van der Waals surface area contributed by atoms with E-state index in [-0.39, 0.29) is 5.56 Å². The molecule has 0 spiro atoms. The van der Waals surface area contributed by atoms with Gasteiger partial charge in [0.1, 0.15) is 0 Å². The fourth-order valence-corrected chi connectivity index (χ4v) is 2.37. The number of nitrogens with zero attached hydrogens (tertiary/aromatic N) is 1. The molecule has 0 saturated heterocycles. The molecule has 2 rings (SSSR count). The summed E-state index contributed by atoms with van der Waals surface area (Å²) in [6, 6.07) is 0. The number of aromatic amines is 1. The maximum Gasteiger partial charge on any atom is 0.290 e. The van der Waals surface area contributed by atoms with Gasteiger partial charge >= 0.3 is 0 Å². The summed E-state index contributed by atoms with van der Waals surface area (Å²) in [7, 11) is 0. The van der Waals surface area contributed by atoms with Crippen molar-refractivity contribution in [1.82, 2.24) is 9.97 Å². The zero-order valence-corrected chi connectivity index (χ0v) is 9.54. The Kier molecular flexibility index (Phi) is 3.97. The van der Waals surface area contributed by atoms with Crippen molar-refractivity contribution in [2.24, 2.45) is 5.92 Å². The molecule has 0 unspecified atom stereocenters. The molecule has 1 heterocycles. The standard InChI is InChI=1S/C12H19N3O/c16-12-11(14-8-9-15-12)13-7-3-6-10-4-1-2-5-10/h8-10H,1-7H2,(H,13,14)(H,15,16). The van der Waals surface area contributed by atoms with Crippen molar-refractivity contribution >= 4 is 5.82 Å². The van der Waals surface area contributed by atoms with Crippen LogP contribution in [0.25, 0.3) is 0 Å². The summed E-state index contributed by atoms with van der Waals surface area (Å²) in [5, 5.41) is 3.08. The van der Waals surface area contributed by atoms with Crippen LogP contribution in [0.1, 0.15) is 38.5 Å². The van der Waals surface area contributed by atoms with Gasteiger partial charge in [0.25, 0.3) is 5.56 Å². The first-order valence-corrected chi connectivity index (χ1v) is 6.14. The second kappa shape index (κ2) is 5.68. The van der Waals surface area contributed by atoms with Crippen LogP contribution in [-0.4, -0.2) is 16.5 Å². The minimum Gasteiger partial charge on any atom is -0.365 e. The second-order valence-corrected chi connectivity index (χ2v) is 4.49. The molecule has 0 bridgehead atoms. The predicted octanol–water partition coefficient (Wildman–Crippen LogP) is 2.15. The zero-order chi connectivity index (χ0) is 11.2. The Morgan fingerprint density at radius 2 is 2.25 bits per heavy atom. The summed E-state index contributed by atoms with van der Waals surface area (Å²) < 4.78 is 0. The number of nitrogens with one attached hydrogen (secondary N) is 2. The third-order valence-corrected chi connectivity index (χ3v) is 3.26. The minimum absolute atomic E-state index is 0.136. The molecule has 1 aliphatic carbocycles. The van der Waals surface area contributed by atoms with Gasteiger partial charge in [-0.1, -0.05) is 25.7 Å². The molecule has 0 radical (unpaired) electrons. The number of hydrogen-bond acceptors (Lipinski definition) is 3. The summed E-state index contributed by atoms with van der Waals surface area (Å²) >= 11 is 0. The third kappa shape index (κ3) is 3.08. The highest BCUT2D eigenvalue weighted by molar-refractivity contribution is 5.29. The Hall–Kier alpha value is -1.32. The lowest BCUT2D eigenvalue weighted by molar-refractivity contribution is 0.491. The van der Waals surface area contributed by atoms with Crippen molar-refractivity contribution in [3.05, 3.63) is 22.7 Å². The van der Waals surface area contributed by atoms with Gasteiger partial charge in [0.05, 0.1) is 0 Å². The summed E-state index contributed by atoms with van der Waals surface area (Å²) in [5.74, 6) is 1.36. The minimum atomic E-state index is -0.136. The number of hydrogen-bond donors (Lipinski definition) is 2. The maximum atomic E-state index is 11.3. The van der Waals surface area contributed by atoms with Crippen molar-refractivity contribution in [2.45, 2.75) is 38.5 Å². The molecule has 1 fully saturated rings. The quantitative estimate of drug-likeness (QED) is 0.749. The third-order valence-electron chi connectivity index (χ3n) is 3.26. The molecule has 1 aromatic rings. The fourth-order valence-electron chi connectivity index (χ4n) is 2.37. The van der Waals surface area contributed by atoms with Crippen LogP contribution in [0.3, 0.4) is 0 Å². The van der Waals surface area contributed by atoms with E-state index in [1.807, 2.05) is 0 Å². The highest BCUT2D eigenvalue weighted by atomic mass is 16.1. The Morgan fingerprint density at radius 1 is 1.44 bits per heavy atom. The first-order chi connectivity index (χ1) is 7.86. The lowest BCUT2D eigenvalue weighted by Crippen LogP contribution is -2.16. The molecule has 1 aromatic heterocycles. The van der Waals surface area contributed by atoms with Crippen LogP contribution in [0.5, 0.6) is 0 Å². The van der Waals surface area contributed by atoms with Crippen molar-refractivity contribution < 1.29 is 0 Å². The van der Waals surface area contributed by atoms with E-state index in [2.05, 4.69) is 15.3 Å². The van der Waals surface area contributed by atoms with Crippen molar-refractivity contribution in [3.8, 4) is 0 Å². The zero-order valence-electron chi connectivity index (χ0n) is 9.54. The van der Waals surface area contributed by atoms with Crippen molar-refractivity contribution in [3.63, 3.8) is 0 Å². The second-order valence-electron chi connectivity index (χ2n) is 4.49. The van der Waals surface area contributed by atoms with Gasteiger partial charge < -0.3 is 10.3 Å². The Bertz CT molecular complexity index is 369. The van der Waals surface area contributed by atoms with E-state index in [0.717, 1.165) is 18.9 Å². The number of anilines is 1. The Morgan fingerprint density at radius 3 is 3.00 bits per heavy atom. The number of aromatic nitrogens is 2. The summed E-state index contributed by atoms with van der Waals surface area (Å²) in [4.78, 5) is 17.9. The maximum absolute atomic E-state index is 11.3. The van der Waals surface area contributed by atoms with Gasteiger partial charge in [-0.05, 0) is 18.8 Å². The van der Waals surface area contributed by atoms with Crippen LogP contribution in [0.2, 0.25) is 0 Å². The van der Waals surface area contributed by atoms with Gasteiger partial charge in [0, 0.05) is 18.9 Å². The van der Waals surface area contributed by atoms with Crippen LogP contribution in [0, 0.1) is 5.92 Å². The molecule has 1 aliphatic rings. The van der Waals surface area contributed by atoms with Gasteiger partial charge in [0.15, 0.2) is 5.82 Å². The molecule has 0 aliphatic heterocycles. The highest BCUT2D eigenvalue weighted by Gasteiger charge is 2.13. The molecule has 4 nitrogen and oxygen atoms in total. The highest BCUT2D eigenvalue weighted by Crippen LogP contribution is 2.28. The normalized spacial score (nSPS) is 16.5. The van der Waals surface area contributed by atoms with Crippen LogP contribution in [-0.2, 0) is 0 Å². The SMILES string of the molecule is O=c1[nH]ccnc1NCCCC1CCCC1.